The molecule has 3 atom stereocenters. The van der Waals surface area contributed by atoms with Crippen LogP contribution in [-0.4, -0.2) is 37.6 Å². The van der Waals surface area contributed by atoms with Crippen molar-refractivity contribution in [1.82, 2.24) is 4.31 Å². The minimum Gasteiger partial charge on any atom is -0.329 e. The van der Waals surface area contributed by atoms with E-state index in [-0.39, 0.29) is 6.54 Å². The Morgan fingerprint density at radius 1 is 1.38 bits per heavy atom. The lowest BCUT2D eigenvalue weighted by molar-refractivity contribution is 0.211. The molecular weight excluding hydrogens is 224 g/mol. The lowest BCUT2D eigenvalue weighted by Gasteiger charge is -2.36. The summed E-state index contributed by atoms with van der Waals surface area (Å²) in [5.74, 6) is 1.06. The van der Waals surface area contributed by atoms with Gasteiger partial charge in [-0.3, -0.25) is 0 Å². The topological polar surface area (TPSA) is 63.4 Å². The molecule has 3 unspecified atom stereocenters. The maximum atomic E-state index is 12.2. The number of rotatable bonds is 4. The Bertz CT molecular complexity index is 312. The molecular formula is C11H24N2O2S. The van der Waals surface area contributed by atoms with E-state index in [0.717, 1.165) is 6.42 Å². The van der Waals surface area contributed by atoms with Gasteiger partial charge in [-0.1, -0.05) is 20.8 Å². The standard InChI is InChI=1S/C11H24N2O2S/c1-4-11(7-12)16(14,15)13-6-5-9(2)10(3)8-13/h9-11H,4-8,12H2,1-3H3. The highest BCUT2D eigenvalue weighted by Gasteiger charge is 2.34. The van der Waals surface area contributed by atoms with E-state index in [0.29, 0.717) is 31.3 Å². The molecule has 0 amide bonds. The fourth-order valence-corrected chi connectivity index (χ4v) is 4.05. The predicted molar refractivity (Wildman–Crippen MR) is 66.6 cm³/mol. The Labute approximate surface area is 99.2 Å². The molecule has 1 saturated heterocycles. The summed E-state index contributed by atoms with van der Waals surface area (Å²) < 4.78 is 26.1. The Balaban J connectivity index is 2.77. The first kappa shape index (κ1) is 13.9. The molecule has 0 saturated carbocycles. The summed E-state index contributed by atoms with van der Waals surface area (Å²) in [6, 6.07) is 0. The molecule has 0 aromatic rings. The van der Waals surface area contributed by atoms with Crippen molar-refractivity contribution >= 4 is 10.0 Å². The summed E-state index contributed by atoms with van der Waals surface area (Å²) in [6.07, 6.45) is 1.56. The van der Waals surface area contributed by atoms with Crippen LogP contribution in [0.2, 0.25) is 0 Å². The monoisotopic (exact) mass is 248 g/mol. The lowest BCUT2D eigenvalue weighted by Crippen LogP contribution is -2.47. The summed E-state index contributed by atoms with van der Waals surface area (Å²) in [4.78, 5) is 0. The minimum absolute atomic E-state index is 0.221. The van der Waals surface area contributed by atoms with Gasteiger partial charge in [0.05, 0.1) is 5.25 Å². The van der Waals surface area contributed by atoms with Crippen LogP contribution in [0.4, 0.5) is 0 Å². The van der Waals surface area contributed by atoms with E-state index in [1.807, 2.05) is 6.92 Å². The molecule has 1 fully saturated rings. The van der Waals surface area contributed by atoms with Gasteiger partial charge in [0.15, 0.2) is 0 Å². The van der Waals surface area contributed by atoms with Crippen molar-refractivity contribution in [2.45, 2.75) is 38.9 Å². The Morgan fingerprint density at radius 2 is 2.00 bits per heavy atom. The number of hydrogen-bond acceptors (Lipinski definition) is 3. The van der Waals surface area contributed by atoms with Crippen LogP contribution < -0.4 is 5.73 Å². The van der Waals surface area contributed by atoms with E-state index in [9.17, 15) is 8.42 Å². The molecule has 0 radical (unpaired) electrons. The Kier molecular flexibility index (Phi) is 4.76. The van der Waals surface area contributed by atoms with Gasteiger partial charge in [0, 0.05) is 19.6 Å². The van der Waals surface area contributed by atoms with Crippen molar-refractivity contribution in [2.75, 3.05) is 19.6 Å². The van der Waals surface area contributed by atoms with E-state index >= 15 is 0 Å². The van der Waals surface area contributed by atoms with Crippen molar-refractivity contribution in [2.24, 2.45) is 17.6 Å². The maximum absolute atomic E-state index is 12.2. The minimum atomic E-state index is -3.17. The van der Waals surface area contributed by atoms with Crippen LogP contribution in [0.15, 0.2) is 0 Å². The summed E-state index contributed by atoms with van der Waals surface area (Å²) in [7, 11) is -3.17. The lowest BCUT2D eigenvalue weighted by atomic mass is 9.90. The van der Waals surface area contributed by atoms with Crippen LogP contribution in [0, 0.1) is 11.8 Å². The summed E-state index contributed by atoms with van der Waals surface area (Å²) in [6.45, 7) is 7.72. The third-order valence-electron chi connectivity index (χ3n) is 3.80. The average Bonchev–Trinajstić information content (AvgIpc) is 2.23. The van der Waals surface area contributed by atoms with Crippen molar-refractivity contribution in [3.05, 3.63) is 0 Å². The van der Waals surface area contributed by atoms with Crippen molar-refractivity contribution in [3.63, 3.8) is 0 Å². The fraction of sp³-hybridized carbons (Fsp3) is 1.00. The van der Waals surface area contributed by atoms with Crippen LogP contribution >= 0.6 is 0 Å². The van der Waals surface area contributed by atoms with Gasteiger partial charge in [0.1, 0.15) is 0 Å². The molecule has 1 aliphatic heterocycles. The third kappa shape index (κ3) is 2.76. The highest BCUT2D eigenvalue weighted by Crippen LogP contribution is 2.26. The zero-order valence-electron chi connectivity index (χ0n) is 10.5. The van der Waals surface area contributed by atoms with E-state index in [2.05, 4.69) is 13.8 Å². The van der Waals surface area contributed by atoms with Crippen molar-refractivity contribution in [1.29, 1.82) is 0 Å². The molecule has 0 bridgehead atoms. The molecule has 2 N–H and O–H groups in total. The van der Waals surface area contributed by atoms with Crippen LogP contribution in [0.25, 0.3) is 0 Å². The van der Waals surface area contributed by atoms with Crippen LogP contribution in [-0.2, 0) is 10.0 Å². The van der Waals surface area contributed by atoms with Gasteiger partial charge in [-0.15, -0.1) is 0 Å². The molecule has 0 aromatic heterocycles. The van der Waals surface area contributed by atoms with Crippen molar-refractivity contribution < 1.29 is 8.42 Å². The fourth-order valence-electron chi connectivity index (χ4n) is 2.17. The SMILES string of the molecule is CCC(CN)S(=O)(=O)N1CCC(C)C(C)C1. The molecule has 1 aliphatic rings. The van der Waals surface area contributed by atoms with Gasteiger partial charge < -0.3 is 5.73 Å². The smallest absolute Gasteiger partial charge is 0.218 e. The van der Waals surface area contributed by atoms with E-state index in [1.165, 1.54) is 0 Å². The first-order valence-electron chi connectivity index (χ1n) is 6.12. The molecule has 1 heterocycles. The number of piperidine rings is 1. The highest BCUT2D eigenvalue weighted by molar-refractivity contribution is 7.89. The molecule has 0 aromatic carbocycles. The zero-order valence-corrected chi connectivity index (χ0v) is 11.3. The van der Waals surface area contributed by atoms with Crippen LogP contribution in [0.5, 0.6) is 0 Å². The van der Waals surface area contributed by atoms with Crippen molar-refractivity contribution in [3.8, 4) is 0 Å². The average molecular weight is 248 g/mol. The Hall–Kier alpha value is -0.130. The van der Waals surface area contributed by atoms with Crippen LogP contribution in [0.1, 0.15) is 33.6 Å². The maximum Gasteiger partial charge on any atom is 0.218 e. The van der Waals surface area contributed by atoms with Gasteiger partial charge in [-0.25, -0.2) is 12.7 Å². The summed E-state index contributed by atoms with van der Waals surface area (Å²) in [5.41, 5.74) is 5.53. The second-order valence-electron chi connectivity index (χ2n) is 4.91. The first-order valence-corrected chi connectivity index (χ1v) is 7.62. The van der Waals surface area contributed by atoms with Gasteiger partial charge in [-0.2, -0.15) is 0 Å². The zero-order chi connectivity index (χ0) is 12.3. The molecule has 0 aliphatic carbocycles. The number of sulfonamides is 1. The first-order chi connectivity index (χ1) is 7.43. The number of nitrogens with zero attached hydrogens (tertiary/aromatic N) is 1. The van der Waals surface area contributed by atoms with Gasteiger partial charge in [0.2, 0.25) is 10.0 Å². The summed E-state index contributed by atoms with van der Waals surface area (Å²) in [5, 5.41) is -0.409. The van der Waals surface area contributed by atoms with Gasteiger partial charge in [-0.05, 0) is 24.7 Å². The van der Waals surface area contributed by atoms with E-state index in [1.54, 1.807) is 4.31 Å². The number of nitrogens with two attached hydrogens (primary N) is 1. The second kappa shape index (κ2) is 5.47. The van der Waals surface area contributed by atoms with E-state index < -0.39 is 15.3 Å². The predicted octanol–water partition coefficient (Wildman–Crippen LogP) is 1.03. The van der Waals surface area contributed by atoms with Crippen LogP contribution in [0.3, 0.4) is 0 Å². The van der Waals surface area contributed by atoms with E-state index in [4.69, 9.17) is 5.73 Å². The largest absolute Gasteiger partial charge is 0.329 e. The third-order valence-corrected chi connectivity index (χ3v) is 6.22. The molecule has 16 heavy (non-hydrogen) atoms. The second-order valence-corrected chi connectivity index (χ2v) is 7.13. The highest BCUT2D eigenvalue weighted by atomic mass is 32.2. The quantitative estimate of drug-likeness (QED) is 0.808. The number of hydrogen-bond donors (Lipinski definition) is 1. The Morgan fingerprint density at radius 3 is 2.44 bits per heavy atom. The normalized spacial score (nSPS) is 30.2. The van der Waals surface area contributed by atoms with Gasteiger partial charge >= 0.3 is 0 Å². The molecule has 5 heteroatoms. The molecule has 1 rings (SSSR count). The summed E-state index contributed by atoms with van der Waals surface area (Å²) >= 11 is 0. The molecule has 96 valence electrons. The molecule has 0 spiro atoms. The molecule has 4 nitrogen and oxygen atoms in total. The van der Waals surface area contributed by atoms with Gasteiger partial charge in [0.25, 0.3) is 0 Å².